The lowest BCUT2D eigenvalue weighted by Gasteiger charge is -2.11. The van der Waals surface area contributed by atoms with Crippen molar-refractivity contribution in [1.82, 2.24) is 10.2 Å². The van der Waals surface area contributed by atoms with E-state index in [0.29, 0.717) is 6.61 Å². The monoisotopic (exact) mass is 267 g/mol. The molecular formula is C16H17N3O. The molecule has 0 aliphatic heterocycles. The largest absolute Gasteiger partial charge is 0.494 e. The Morgan fingerprint density at radius 1 is 1.20 bits per heavy atom. The highest BCUT2D eigenvalue weighted by molar-refractivity contribution is 5.81. The SMILES string of the molecule is CCOc1ccccc1CNc1ccc2[nH]ncc2c1. The van der Waals surface area contributed by atoms with Crippen molar-refractivity contribution in [3.63, 3.8) is 0 Å². The summed E-state index contributed by atoms with van der Waals surface area (Å²) in [7, 11) is 0. The van der Waals surface area contributed by atoms with Gasteiger partial charge in [-0.25, -0.2) is 0 Å². The third-order valence-electron chi connectivity index (χ3n) is 3.20. The first-order valence-corrected chi connectivity index (χ1v) is 6.74. The molecule has 1 aromatic heterocycles. The highest BCUT2D eigenvalue weighted by Gasteiger charge is 2.03. The van der Waals surface area contributed by atoms with Gasteiger partial charge >= 0.3 is 0 Å². The van der Waals surface area contributed by atoms with Gasteiger partial charge in [-0.1, -0.05) is 18.2 Å². The zero-order chi connectivity index (χ0) is 13.8. The number of hydrogen-bond acceptors (Lipinski definition) is 3. The molecule has 3 rings (SSSR count). The molecule has 0 amide bonds. The number of para-hydroxylation sites is 1. The Hall–Kier alpha value is -2.49. The van der Waals surface area contributed by atoms with Gasteiger partial charge in [0.05, 0.1) is 18.3 Å². The van der Waals surface area contributed by atoms with Crippen LogP contribution in [0.1, 0.15) is 12.5 Å². The molecule has 20 heavy (non-hydrogen) atoms. The number of aromatic nitrogens is 2. The number of H-pyrrole nitrogens is 1. The molecule has 4 nitrogen and oxygen atoms in total. The normalized spacial score (nSPS) is 10.7. The highest BCUT2D eigenvalue weighted by Crippen LogP contribution is 2.21. The molecular weight excluding hydrogens is 250 g/mol. The first kappa shape index (κ1) is 12.5. The quantitative estimate of drug-likeness (QED) is 0.743. The van der Waals surface area contributed by atoms with E-state index in [-0.39, 0.29) is 0 Å². The molecule has 0 radical (unpaired) electrons. The van der Waals surface area contributed by atoms with Gasteiger partial charge in [-0.15, -0.1) is 0 Å². The zero-order valence-electron chi connectivity index (χ0n) is 11.4. The van der Waals surface area contributed by atoms with Crippen molar-refractivity contribution in [1.29, 1.82) is 0 Å². The van der Waals surface area contributed by atoms with Crippen molar-refractivity contribution in [2.45, 2.75) is 13.5 Å². The number of benzene rings is 2. The first-order chi connectivity index (χ1) is 9.86. The maximum Gasteiger partial charge on any atom is 0.124 e. The van der Waals surface area contributed by atoms with Crippen LogP contribution in [0.2, 0.25) is 0 Å². The molecule has 102 valence electrons. The van der Waals surface area contributed by atoms with Crippen molar-refractivity contribution < 1.29 is 4.74 Å². The Bertz CT molecular complexity index is 706. The molecule has 0 saturated carbocycles. The summed E-state index contributed by atoms with van der Waals surface area (Å²) < 4.78 is 5.63. The summed E-state index contributed by atoms with van der Waals surface area (Å²) in [6, 6.07) is 14.3. The zero-order valence-corrected chi connectivity index (χ0v) is 11.4. The molecule has 2 N–H and O–H groups in total. The molecule has 0 saturated heterocycles. The molecule has 4 heteroatoms. The van der Waals surface area contributed by atoms with E-state index in [9.17, 15) is 0 Å². The van der Waals surface area contributed by atoms with Crippen molar-refractivity contribution in [3.8, 4) is 5.75 Å². The summed E-state index contributed by atoms with van der Waals surface area (Å²) in [4.78, 5) is 0. The van der Waals surface area contributed by atoms with E-state index in [1.165, 1.54) is 0 Å². The number of rotatable bonds is 5. The Balaban J connectivity index is 1.75. The lowest BCUT2D eigenvalue weighted by atomic mass is 10.2. The third kappa shape index (κ3) is 2.59. The average Bonchev–Trinajstić information content (AvgIpc) is 2.94. The Labute approximate surface area is 117 Å². The van der Waals surface area contributed by atoms with E-state index in [1.54, 1.807) is 0 Å². The number of anilines is 1. The molecule has 1 heterocycles. The van der Waals surface area contributed by atoms with Crippen LogP contribution in [-0.2, 0) is 6.54 Å². The second-order valence-corrected chi connectivity index (χ2v) is 4.57. The maximum absolute atomic E-state index is 5.63. The van der Waals surface area contributed by atoms with Crippen molar-refractivity contribution >= 4 is 16.6 Å². The Morgan fingerprint density at radius 2 is 2.10 bits per heavy atom. The fourth-order valence-electron chi connectivity index (χ4n) is 2.20. The molecule has 0 aliphatic rings. The molecule has 2 aromatic carbocycles. The van der Waals surface area contributed by atoms with Crippen LogP contribution in [-0.4, -0.2) is 16.8 Å². The molecule has 3 aromatic rings. The summed E-state index contributed by atoms with van der Waals surface area (Å²) in [6.07, 6.45) is 1.83. The van der Waals surface area contributed by atoms with Crippen LogP contribution in [0.15, 0.2) is 48.7 Å². The van der Waals surface area contributed by atoms with E-state index in [0.717, 1.165) is 34.4 Å². The fraction of sp³-hybridized carbons (Fsp3) is 0.188. The van der Waals surface area contributed by atoms with Crippen LogP contribution >= 0.6 is 0 Å². The summed E-state index contributed by atoms with van der Waals surface area (Å²) in [5.41, 5.74) is 3.28. The van der Waals surface area contributed by atoms with Gasteiger partial charge in [-0.05, 0) is 31.2 Å². The summed E-state index contributed by atoms with van der Waals surface area (Å²) in [5.74, 6) is 0.937. The van der Waals surface area contributed by atoms with Gasteiger partial charge in [0.25, 0.3) is 0 Å². The van der Waals surface area contributed by atoms with Crippen LogP contribution in [0.4, 0.5) is 5.69 Å². The second-order valence-electron chi connectivity index (χ2n) is 4.57. The molecule has 0 atom stereocenters. The molecule has 0 fully saturated rings. The standard InChI is InChI=1S/C16H17N3O/c1-2-20-16-6-4-3-5-12(16)10-17-14-7-8-15-13(9-14)11-18-19-15/h3-9,11,17H,2,10H2,1H3,(H,18,19). The van der Waals surface area contributed by atoms with Crippen LogP contribution in [0.5, 0.6) is 5.75 Å². The molecule has 0 spiro atoms. The van der Waals surface area contributed by atoms with Crippen LogP contribution < -0.4 is 10.1 Å². The number of nitrogens with one attached hydrogen (secondary N) is 2. The van der Waals surface area contributed by atoms with Gasteiger partial charge in [0.1, 0.15) is 5.75 Å². The molecule has 0 unspecified atom stereocenters. The van der Waals surface area contributed by atoms with E-state index < -0.39 is 0 Å². The maximum atomic E-state index is 5.63. The van der Waals surface area contributed by atoms with E-state index >= 15 is 0 Å². The van der Waals surface area contributed by atoms with Crippen molar-refractivity contribution in [2.24, 2.45) is 0 Å². The number of hydrogen-bond donors (Lipinski definition) is 2. The minimum absolute atomic E-state index is 0.679. The van der Waals surface area contributed by atoms with E-state index in [1.807, 2.05) is 43.5 Å². The van der Waals surface area contributed by atoms with Gasteiger partial charge in [-0.2, -0.15) is 5.10 Å². The van der Waals surface area contributed by atoms with Gasteiger partial charge < -0.3 is 10.1 Å². The van der Waals surface area contributed by atoms with Gasteiger partial charge in [0.2, 0.25) is 0 Å². The minimum atomic E-state index is 0.679. The van der Waals surface area contributed by atoms with Crippen molar-refractivity contribution in [3.05, 3.63) is 54.2 Å². The van der Waals surface area contributed by atoms with E-state index in [2.05, 4.69) is 27.6 Å². The van der Waals surface area contributed by atoms with Gasteiger partial charge in [-0.3, -0.25) is 5.10 Å². The number of ether oxygens (including phenoxy) is 1. The lowest BCUT2D eigenvalue weighted by Crippen LogP contribution is -2.03. The van der Waals surface area contributed by atoms with Crippen LogP contribution in [0.3, 0.4) is 0 Å². The van der Waals surface area contributed by atoms with Gasteiger partial charge in [0.15, 0.2) is 0 Å². The smallest absolute Gasteiger partial charge is 0.124 e. The number of aromatic amines is 1. The van der Waals surface area contributed by atoms with Crippen LogP contribution in [0, 0.1) is 0 Å². The minimum Gasteiger partial charge on any atom is -0.494 e. The predicted molar refractivity (Wildman–Crippen MR) is 81.0 cm³/mol. The summed E-state index contributed by atoms with van der Waals surface area (Å²) in [5, 5.41) is 11.5. The lowest BCUT2D eigenvalue weighted by molar-refractivity contribution is 0.337. The highest BCUT2D eigenvalue weighted by atomic mass is 16.5. The Morgan fingerprint density at radius 3 is 3.00 bits per heavy atom. The summed E-state index contributed by atoms with van der Waals surface area (Å²) in [6.45, 7) is 3.41. The number of nitrogens with zero attached hydrogens (tertiary/aromatic N) is 1. The number of fused-ring (bicyclic) bond motifs is 1. The summed E-state index contributed by atoms with van der Waals surface area (Å²) >= 11 is 0. The second kappa shape index (κ2) is 5.65. The van der Waals surface area contributed by atoms with E-state index in [4.69, 9.17) is 4.74 Å². The van der Waals surface area contributed by atoms with Gasteiger partial charge in [0, 0.05) is 23.2 Å². The Kier molecular flexibility index (Phi) is 3.54. The third-order valence-corrected chi connectivity index (χ3v) is 3.20. The van der Waals surface area contributed by atoms with Crippen molar-refractivity contribution in [2.75, 3.05) is 11.9 Å². The fourth-order valence-corrected chi connectivity index (χ4v) is 2.20. The molecule has 0 bridgehead atoms. The molecule has 0 aliphatic carbocycles. The predicted octanol–water partition coefficient (Wildman–Crippen LogP) is 3.57. The first-order valence-electron chi connectivity index (χ1n) is 6.74. The average molecular weight is 267 g/mol. The van der Waals surface area contributed by atoms with Crippen LogP contribution in [0.25, 0.3) is 10.9 Å². The topological polar surface area (TPSA) is 49.9 Å².